The van der Waals surface area contributed by atoms with Crippen LogP contribution in [0.25, 0.3) is 0 Å². The van der Waals surface area contributed by atoms with Gasteiger partial charge in [0.1, 0.15) is 0 Å². The second-order valence-corrected chi connectivity index (χ2v) is 6.34. The maximum atomic E-state index is 12.0. The number of carboxylic acid groups (broad SMARTS) is 1. The molecular weight excluding hydrogens is 318 g/mol. The van der Waals surface area contributed by atoms with Gasteiger partial charge in [-0.2, -0.15) is 0 Å². The van der Waals surface area contributed by atoms with Gasteiger partial charge in [-0.3, -0.25) is 9.59 Å². The van der Waals surface area contributed by atoms with E-state index in [-0.39, 0.29) is 11.8 Å². The van der Waals surface area contributed by atoms with Crippen LogP contribution in [0.15, 0.2) is 15.9 Å². The molecule has 1 fully saturated rings. The topological polar surface area (TPSA) is 66.4 Å². The van der Waals surface area contributed by atoms with Crippen molar-refractivity contribution < 1.29 is 14.7 Å². The first-order valence-corrected chi connectivity index (χ1v) is 7.48. The first-order chi connectivity index (χ1) is 8.58. The van der Waals surface area contributed by atoms with Crippen molar-refractivity contribution in [3.63, 3.8) is 0 Å². The first-order valence-electron chi connectivity index (χ1n) is 5.81. The summed E-state index contributed by atoms with van der Waals surface area (Å²) in [7, 11) is 0. The van der Waals surface area contributed by atoms with E-state index in [0.717, 1.165) is 15.8 Å². The van der Waals surface area contributed by atoms with Crippen LogP contribution in [-0.2, 0) is 16.1 Å². The summed E-state index contributed by atoms with van der Waals surface area (Å²) in [4.78, 5) is 24.0. The minimum absolute atomic E-state index is 0.135. The van der Waals surface area contributed by atoms with Crippen LogP contribution in [-0.4, -0.2) is 17.0 Å². The predicted molar refractivity (Wildman–Crippen MR) is 72.3 cm³/mol. The Morgan fingerprint density at radius 3 is 2.78 bits per heavy atom. The Kier molecular flexibility index (Phi) is 4.40. The summed E-state index contributed by atoms with van der Waals surface area (Å²) in [6, 6.07) is 1.95. The fourth-order valence-corrected chi connectivity index (χ4v) is 3.71. The van der Waals surface area contributed by atoms with Crippen LogP contribution >= 0.6 is 27.3 Å². The third-order valence-electron chi connectivity index (χ3n) is 3.23. The van der Waals surface area contributed by atoms with E-state index in [1.807, 2.05) is 11.4 Å². The van der Waals surface area contributed by atoms with Crippen molar-refractivity contribution >= 4 is 39.1 Å². The number of carboxylic acids is 1. The van der Waals surface area contributed by atoms with Gasteiger partial charge in [0.25, 0.3) is 0 Å². The highest BCUT2D eigenvalue weighted by Gasteiger charge is 2.37. The summed E-state index contributed by atoms with van der Waals surface area (Å²) in [5.41, 5.74) is 0. The molecule has 0 radical (unpaired) electrons. The van der Waals surface area contributed by atoms with Crippen molar-refractivity contribution in [1.29, 1.82) is 0 Å². The third kappa shape index (κ3) is 3.11. The van der Waals surface area contributed by atoms with Crippen LogP contribution in [0.3, 0.4) is 0 Å². The van der Waals surface area contributed by atoms with Gasteiger partial charge in [0.15, 0.2) is 0 Å². The molecule has 1 aromatic heterocycles. The van der Waals surface area contributed by atoms with Crippen LogP contribution in [0.5, 0.6) is 0 Å². The molecule has 2 atom stereocenters. The molecule has 2 N–H and O–H groups in total. The lowest BCUT2D eigenvalue weighted by Gasteiger charge is -2.15. The minimum Gasteiger partial charge on any atom is -0.481 e. The van der Waals surface area contributed by atoms with E-state index in [0.29, 0.717) is 19.4 Å². The monoisotopic (exact) mass is 331 g/mol. The summed E-state index contributed by atoms with van der Waals surface area (Å²) < 4.78 is 1.00. The van der Waals surface area contributed by atoms with E-state index in [9.17, 15) is 9.59 Å². The van der Waals surface area contributed by atoms with Gasteiger partial charge in [0.05, 0.1) is 18.4 Å². The van der Waals surface area contributed by atoms with E-state index >= 15 is 0 Å². The fraction of sp³-hybridized carbons (Fsp3) is 0.500. The second kappa shape index (κ2) is 5.84. The summed E-state index contributed by atoms with van der Waals surface area (Å²) in [5.74, 6) is -1.87. The summed E-state index contributed by atoms with van der Waals surface area (Å²) in [6.07, 6.45) is 2.11. The number of hydrogen-bond donors (Lipinski definition) is 2. The maximum absolute atomic E-state index is 12.0. The Hall–Kier alpha value is -0.880. The van der Waals surface area contributed by atoms with Crippen molar-refractivity contribution in [2.24, 2.45) is 11.8 Å². The highest BCUT2D eigenvalue weighted by Crippen LogP contribution is 2.32. The van der Waals surface area contributed by atoms with E-state index in [2.05, 4.69) is 21.2 Å². The van der Waals surface area contributed by atoms with Gasteiger partial charge in [-0.1, -0.05) is 6.42 Å². The number of hydrogen-bond acceptors (Lipinski definition) is 3. The SMILES string of the molecule is O=C(O)[C@H]1CCC[C@H]1C(=O)NCc1cc(Br)cs1. The van der Waals surface area contributed by atoms with Crippen LogP contribution in [0.4, 0.5) is 0 Å². The van der Waals surface area contributed by atoms with E-state index in [1.165, 1.54) is 0 Å². The molecule has 6 heteroatoms. The molecule has 0 spiro atoms. The Morgan fingerprint density at radius 2 is 2.17 bits per heavy atom. The molecule has 0 bridgehead atoms. The smallest absolute Gasteiger partial charge is 0.307 e. The molecule has 1 aliphatic carbocycles. The zero-order valence-corrected chi connectivity index (χ0v) is 12.1. The van der Waals surface area contributed by atoms with Gasteiger partial charge in [-0.25, -0.2) is 0 Å². The minimum atomic E-state index is -0.855. The molecule has 1 saturated carbocycles. The fourth-order valence-electron chi connectivity index (χ4n) is 2.32. The number of aliphatic carboxylic acids is 1. The molecule has 0 aliphatic heterocycles. The van der Waals surface area contributed by atoms with Crippen molar-refractivity contribution in [3.8, 4) is 0 Å². The quantitative estimate of drug-likeness (QED) is 0.891. The van der Waals surface area contributed by atoms with Crippen molar-refractivity contribution in [3.05, 3.63) is 20.8 Å². The summed E-state index contributed by atoms with van der Waals surface area (Å²) in [5, 5.41) is 13.8. The van der Waals surface area contributed by atoms with Crippen molar-refractivity contribution in [2.75, 3.05) is 0 Å². The number of nitrogens with one attached hydrogen (secondary N) is 1. The van der Waals surface area contributed by atoms with Crippen molar-refractivity contribution in [1.82, 2.24) is 5.32 Å². The Morgan fingerprint density at radius 1 is 1.44 bits per heavy atom. The standard InChI is InChI=1S/C12H14BrNO3S/c13-7-4-8(18-6-7)5-14-11(15)9-2-1-3-10(9)12(16)17/h4,6,9-10H,1-3,5H2,(H,14,15)(H,16,17)/t9-,10+/m1/s1. The molecule has 0 saturated heterocycles. The molecule has 18 heavy (non-hydrogen) atoms. The lowest BCUT2D eigenvalue weighted by Crippen LogP contribution is -2.34. The molecule has 1 amide bonds. The number of rotatable bonds is 4. The maximum Gasteiger partial charge on any atom is 0.307 e. The normalized spacial score (nSPS) is 22.9. The van der Waals surface area contributed by atoms with Crippen LogP contribution in [0.2, 0.25) is 0 Å². The van der Waals surface area contributed by atoms with Gasteiger partial charge in [-0.05, 0) is 34.8 Å². The molecule has 1 heterocycles. The van der Waals surface area contributed by atoms with Crippen LogP contribution < -0.4 is 5.32 Å². The second-order valence-electron chi connectivity index (χ2n) is 4.43. The third-order valence-corrected chi connectivity index (χ3v) is 4.93. The van der Waals surface area contributed by atoms with E-state index in [4.69, 9.17) is 5.11 Å². The number of thiophene rings is 1. The van der Waals surface area contributed by atoms with Gasteiger partial charge < -0.3 is 10.4 Å². The Labute approximate surface area is 118 Å². The van der Waals surface area contributed by atoms with Crippen molar-refractivity contribution in [2.45, 2.75) is 25.8 Å². The molecule has 1 aromatic rings. The molecular formula is C12H14BrNO3S. The van der Waals surface area contributed by atoms with Gasteiger partial charge >= 0.3 is 5.97 Å². The largest absolute Gasteiger partial charge is 0.481 e. The highest BCUT2D eigenvalue weighted by atomic mass is 79.9. The summed E-state index contributed by atoms with van der Waals surface area (Å²) in [6.45, 7) is 0.470. The zero-order valence-electron chi connectivity index (χ0n) is 9.69. The average molecular weight is 332 g/mol. The van der Waals surface area contributed by atoms with E-state index < -0.39 is 11.9 Å². The molecule has 0 aromatic carbocycles. The molecule has 2 rings (SSSR count). The number of halogens is 1. The summed E-state index contributed by atoms with van der Waals surface area (Å²) >= 11 is 4.92. The lowest BCUT2D eigenvalue weighted by molar-refractivity contribution is -0.146. The van der Waals surface area contributed by atoms with Gasteiger partial charge in [0.2, 0.25) is 5.91 Å². The molecule has 98 valence electrons. The highest BCUT2D eigenvalue weighted by molar-refractivity contribution is 9.10. The average Bonchev–Trinajstić information content (AvgIpc) is 2.94. The number of carbonyl (C=O) groups excluding carboxylic acids is 1. The van der Waals surface area contributed by atoms with Gasteiger partial charge in [-0.15, -0.1) is 11.3 Å². The van der Waals surface area contributed by atoms with Crippen LogP contribution in [0, 0.1) is 11.8 Å². The zero-order chi connectivity index (χ0) is 13.1. The predicted octanol–water partition coefficient (Wildman–Crippen LogP) is 2.63. The Bertz CT molecular complexity index is 460. The molecule has 0 unspecified atom stereocenters. The lowest BCUT2D eigenvalue weighted by atomic mass is 9.95. The van der Waals surface area contributed by atoms with Gasteiger partial charge in [0, 0.05) is 14.7 Å². The number of carbonyl (C=O) groups is 2. The molecule has 4 nitrogen and oxygen atoms in total. The molecule has 1 aliphatic rings. The Balaban J connectivity index is 1.89. The van der Waals surface area contributed by atoms with Crippen LogP contribution in [0.1, 0.15) is 24.1 Å². The first kappa shape index (κ1) is 13.5. The number of amides is 1. The van der Waals surface area contributed by atoms with E-state index in [1.54, 1.807) is 11.3 Å².